The summed E-state index contributed by atoms with van der Waals surface area (Å²) in [5, 5.41) is 18.1. The second kappa shape index (κ2) is 2.64. The van der Waals surface area contributed by atoms with Gasteiger partial charge in [-0.3, -0.25) is 0 Å². The first-order chi connectivity index (χ1) is 4.22. The molecule has 1 rings (SSSR count). The third kappa shape index (κ3) is 1.41. The predicted molar refractivity (Wildman–Crippen MR) is 33.8 cm³/mol. The van der Waals surface area contributed by atoms with Crippen LogP contribution < -0.4 is 5.73 Å². The minimum Gasteiger partial charge on any atom is -0.390 e. The van der Waals surface area contributed by atoms with Gasteiger partial charge < -0.3 is 15.9 Å². The summed E-state index contributed by atoms with van der Waals surface area (Å²) in [6, 6.07) is -0.214. The summed E-state index contributed by atoms with van der Waals surface area (Å²) in [6.07, 6.45) is 1.17. The quantitative estimate of drug-likeness (QED) is 0.404. The van der Waals surface area contributed by atoms with Crippen molar-refractivity contribution in [2.75, 3.05) is 0 Å². The lowest BCUT2D eigenvalue weighted by Crippen LogP contribution is -2.46. The zero-order valence-electron chi connectivity index (χ0n) is 5.33. The van der Waals surface area contributed by atoms with Crippen LogP contribution in [0.5, 0.6) is 0 Å². The summed E-state index contributed by atoms with van der Waals surface area (Å²) in [6.45, 7) is 0. The van der Waals surface area contributed by atoms with Crippen molar-refractivity contribution in [3.63, 3.8) is 0 Å². The topological polar surface area (TPSA) is 66.5 Å². The van der Waals surface area contributed by atoms with Crippen molar-refractivity contribution >= 4 is 0 Å². The number of aliphatic hydroxyl groups excluding tert-OH is 2. The SMILES string of the molecule is NC1CCC[C@@H](O)[C@H]1O. The normalized spacial score (nSPS) is 45.0. The van der Waals surface area contributed by atoms with Gasteiger partial charge in [-0.1, -0.05) is 0 Å². The van der Waals surface area contributed by atoms with Crippen LogP contribution in [0.3, 0.4) is 0 Å². The van der Waals surface area contributed by atoms with Crippen molar-refractivity contribution in [1.82, 2.24) is 0 Å². The Morgan fingerprint density at radius 1 is 1.22 bits per heavy atom. The predicted octanol–water partition coefficient (Wildman–Crippen LogP) is -0.781. The van der Waals surface area contributed by atoms with E-state index in [4.69, 9.17) is 15.9 Å². The number of hydrogen-bond donors (Lipinski definition) is 3. The van der Waals surface area contributed by atoms with Crippen molar-refractivity contribution in [2.45, 2.75) is 37.5 Å². The highest BCUT2D eigenvalue weighted by Gasteiger charge is 2.26. The zero-order chi connectivity index (χ0) is 6.85. The third-order valence-electron chi connectivity index (χ3n) is 1.87. The molecule has 0 aromatic carbocycles. The lowest BCUT2D eigenvalue weighted by atomic mass is 9.91. The molecule has 1 saturated carbocycles. The molecule has 1 aliphatic rings. The van der Waals surface area contributed by atoms with E-state index in [9.17, 15) is 0 Å². The van der Waals surface area contributed by atoms with Crippen LogP contribution in [0.4, 0.5) is 0 Å². The highest BCUT2D eigenvalue weighted by Crippen LogP contribution is 2.16. The Labute approximate surface area is 54.5 Å². The molecule has 0 aromatic rings. The summed E-state index contributed by atoms with van der Waals surface area (Å²) in [7, 11) is 0. The van der Waals surface area contributed by atoms with Crippen LogP contribution in [0, 0.1) is 0 Å². The van der Waals surface area contributed by atoms with Gasteiger partial charge in [0.05, 0.1) is 12.2 Å². The van der Waals surface area contributed by atoms with Gasteiger partial charge in [-0.05, 0) is 19.3 Å². The molecule has 1 unspecified atom stereocenters. The highest BCUT2D eigenvalue weighted by atomic mass is 16.3. The molecule has 4 N–H and O–H groups in total. The number of nitrogens with two attached hydrogens (primary N) is 1. The fraction of sp³-hybridized carbons (Fsp3) is 1.00. The van der Waals surface area contributed by atoms with Crippen LogP contribution in [-0.2, 0) is 0 Å². The standard InChI is InChI=1S/C6H13NO2/c7-4-2-1-3-5(8)6(4)9/h4-6,8-9H,1-3,7H2/t4?,5-,6+/m1/s1. The molecule has 3 atom stereocenters. The van der Waals surface area contributed by atoms with E-state index in [-0.39, 0.29) is 6.04 Å². The zero-order valence-corrected chi connectivity index (χ0v) is 5.33. The molecule has 0 heterocycles. The molecule has 0 amide bonds. The Morgan fingerprint density at radius 2 is 1.89 bits per heavy atom. The Hall–Kier alpha value is -0.120. The fourth-order valence-electron chi connectivity index (χ4n) is 1.19. The molecular weight excluding hydrogens is 118 g/mol. The monoisotopic (exact) mass is 131 g/mol. The van der Waals surface area contributed by atoms with E-state index in [0.29, 0.717) is 6.42 Å². The first-order valence-electron chi connectivity index (χ1n) is 3.33. The maximum atomic E-state index is 9.07. The smallest absolute Gasteiger partial charge is 0.0949 e. The van der Waals surface area contributed by atoms with Gasteiger partial charge in [-0.15, -0.1) is 0 Å². The lowest BCUT2D eigenvalue weighted by molar-refractivity contribution is -0.0205. The first kappa shape index (κ1) is 6.99. The molecule has 0 radical (unpaired) electrons. The molecule has 0 spiro atoms. The largest absolute Gasteiger partial charge is 0.390 e. The van der Waals surface area contributed by atoms with Crippen molar-refractivity contribution in [2.24, 2.45) is 5.73 Å². The summed E-state index contributed by atoms with van der Waals surface area (Å²) in [5.74, 6) is 0. The van der Waals surface area contributed by atoms with Crippen LogP contribution in [0.25, 0.3) is 0 Å². The van der Waals surface area contributed by atoms with Crippen molar-refractivity contribution in [3.8, 4) is 0 Å². The minimum absolute atomic E-state index is 0.214. The Kier molecular flexibility index (Phi) is 2.05. The van der Waals surface area contributed by atoms with Gasteiger partial charge in [-0.25, -0.2) is 0 Å². The molecule has 1 fully saturated rings. The lowest BCUT2D eigenvalue weighted by Gasteiger charge is -2.28. The van der Waals surface area contributed by atoms with Gasteiger partial charge in [0.15, 0.2) is 0 Å². The molecular formula is C6H13NO2. The van der Waals surface area contributed by atoms with Gasteiger partial charge >= 0.3 is 0 Å². The Balaban J connectivity index is 2.41. The molecule has 9 heavy (non-hydrogen) atoms. The van der Waals surface area contributed by atoms with Gasteiger partial charge in [0.2, 0.25) is 0 Å². The van der Waals surface area contributed by atoms with Crippen LogP contribution in [-0.4, -0.2) is 28.5 Å². The molecule has 54 valence electrons. The Bertz CT molecular complexity index is 87.1. The third-order valence-corrected chi connectivity index (χ3v) is 1.87. The maximum Gasteiger partial charge on any atom is 0.0949 e. The molecule has 0 aromatic heterocycles. The molecule has 3 nitrogen and oxygen atoms in total. The van der Waals surface area contributed by atoms with Crippen LogP contribution in [0.15, 0.2) is 0 Å². The minimum atomic E-state index is -0.696. The van der Waals surface area contributed by atoms with E-state index < -0.39 is 12.2 Å². The van der Waals surface area contributed by atoms with Crippen molar-refractivity contribution in [1.29, 1.82) is 0 Å². The van der Waals surface area contributed by atoms with Gasteiger partial charge in [0, 0.05) is 6.04 Å². The molecule has 0 saturated heterocycles. The average molecular weight is 131 g/mol. The van der Waals surface area contributed by atoms with Gasteiger partial charge in [0.1, 0.15) is 0 Å². The average Bonchev–Trinajstić information content (AvgIpc) is 1.83. The van der Waals surface area contributed by atoms with E-state index in [2.05, 4.69) is 0 Å². The molecule has 3 heteroatoms. The summed E-state index contributed by atoms with van der Waals surface area (Å²) in [5.41, 5.74) is 5.46. The van der Waals surface area contributed by atoms with E-state index in [1.165, 1.54) is 0 Å². The van der Waals surface area contributed by atoms with E-state index in [0.717, 1.165) is 12.8 Å². The number of aliphatic hydroxyl groups is 2. The van der Waals surface area contributed by atoms with Crippen LogP contribution >= 0.6 is 0 Å². The molecule has 0 aliphatic heterocycles. The second-order valence-electron chi connectivity index (χ2n) is 2.65. The molecule has 0 bridgehead atoms. The van der Waals surface area contributed by atoms with Crippen molar-refractivity contribution in [3.05, 3.63) is 0 Å². The maximum absolute atomic E-state index is 9.07. The Morgan fingerprint density at radius 3 is 2.33 bits per heavy atom. The highest BCUT2D eigenvalue weighted by molar-refractivity contribution is 4.83. The first-order valence-corrected chi connectivity index (χ1v) is 3.33. The number of hydrogen-bond acceptors (Lipinski definition) is 3. The van der Waals surface area contributed by atoms with Gasteiger partial charge in [-0.2, -0.15) is 0 Å². The van der Waals surface area contributed by atoms with Crippen LogP contribution in [0.2, 0.25) is 0 Å². The van der Waals surface area contributed by atoms with Gasteiger partial charge in [0.25, 0.3) is 0 Å². The van der Waals surface area contributed by atoms with E-state index >= 15 is 0 Å². The summed E-state index contributed by atoms with van der Waals surface area (Å²) >= 11 is 0. The van der Waals surface area contributed by atoms with E-state index in [1.807, 2.05) is 0 Å². The number of rotatable bonds is 0. The molecule has 1 aliphatic carbocycles. The fourth-order valence-corrected chi connectivity index (χ4v) is 1.19. The van der Waals surface area contributed by atoms with Crippen LogP contribution in [0.1, 0.15) is 19.3 Å². The summed E-state index contributed by atoms with van der Waals surface area (Å²) < 4.78 is 0. The van der Waals surface area contributed by atoms with Crippen molar-refractivity contribution < 1.29 is 10.2 Å². The second-order valence-corrected chi connectivity index (χ2v) is 2.65. The summed E-state index contributed by atoms with van der Waals surface area (Å²) in [4.78, 5) is 0. The van der Waals surface area contributed by atoms with E-state index in [1.54, 1.807) is 0 Å².